The maximum absolute atomic E-state index is 15.0. The van der Waals surface area contributed by atoms with E-state index in [4.69, 9.17) is 58.1 Å². The highest BCUT2D eigenvalue weighted by Crippen LogP contribution is 2.44. The van der Waals surface area contributed by atoms with Gasteiger partial charge in [-0.2, -0.15) is 26.3 Å². The van der Waals surface area contributed by atoms with Crippen LogP contribution >= 0.6 is 23.5 Å². The molecule has 4 aromatic carbocycles. The Morgan fingerprint density at radius 3 is 1.12 bits per heavy atom. The molecular weight excluding hydrogens is 1810 g/mol. The SMILES string of the molecule is CC(C)(C)[C@H](c1cc(-c2cc(F)ccc2F)cn1Cc1ccccc1)N(CC[C@H](N)C(=O)NCCC(=O)NCCCC(=O)C(CC(=O)O)SC[C@H](N)C(=O)O)C(=O)CO.CC(C)(C)[C@H](c1cc(-c2cc(F)ccc2F)cn1Cc1ccccc1)N(CC[C@H](N)C(=O)NCCC(=O)NCCCC(=O)CC(SC[C@H](N)C(=O)O)C(=O)O)C(=O)CO.O=C(O)C(F)(F)F.O=C(O)C(F)(F)F. The first-order valence-electron chi connectivity index (χ1n) is 40.6. The average molecular weight is 1920 g/mol. The molecule has 0 bridgehead atoms. The number of rotatable bonds is 48. The number of Topliss-reactive ketones (excluding diaryl/α,β-unsaturated/α-hetero) is 2. The first-order chi connectivity index (χ1) is 61.5. The summed E-state index contributed by atoms with van der Waals surface area (Å²) in [5, 5.41) is 79.0. The second-order valence-corrected chi connectivity index (χ2v) is 34.3. The lowest BCUT2D eigenvalue weighted by Gasteiger charge is -2.41. The topological polar surface area (TPSA) is 569 Å². The number of nitrogens with one attached hydrogen (secondary N) is 4. The highest BCUT2D eigenvalue weighted by atomic mass is 32.2. The van der Waals surface area contributed by atoms with Crippen molar-refractivity contribution in [1.29, 1.82) is 0 Å². The number of halogens is 10. The van der Waals surface area contributed by atoms with Crippen LogP contribution in [0.4, 0.5) is 43.9 Å². The number of hydrogen-bond donors (Lipinski definition) is 16. The number of carbonyl (C=O) groups excluding carboxylic acids is 8. The molecule has 0 aliphatic carbocycles. The number of nitrogens with two attached hydrogens (primary N) is 4. The number of benzene rings is 4. The second kappa shape index (κ2) is 54.9. The largest absolute Gasteiger partial charge is 0.490 e. The van der Waals surface area contributed by atoms with E-state index in [0.717, 1.165) is 71.0 Å². The summed E-state index contributed by atoms with van der Waals surface area (Å²) in [4.78, 5) is 168. The van der Waals surface area contributed by atoms with Crippen molar-refractivity contribution in [2.75, 3.05) is 64.0 Å². The summed E-state index contributed by atoms with van der Waals surface area (Å²) in [5.41, 5.74) is 25.8. The number of amides is 6. The molecule has 2 heterocycles. The van der Waals surface area contributed by atoms with Gasteiger partial charge in [-0.15, -0.1) is 23.5 Å². The number of thioether (sulfide) groups is 2. The fourth-order valence-corrected chi connectivity index (χ4v) is 14.9. The Kier molecular flexibility index (Phi) is 47.5. The predicted molar refractivity (Wildman–Crippen MR) is 463 cm³/mol. The third-order valence-corrected chi connectivity index (χ3v) is 21.9. The van der Waals surface area contributed by atoms with Gasteiger partial charge in [0.05, 0.1) is 35.8 Å². The number of aliphatic hydroxyl groups excluding tert-OH is 2. The van der Waals surface area contributed by atoms with E-state index in [0.29, 0.717) is 35.6 Å². The number of carboxylic acid groups (broad SMARTS) is 6. The molecule has 0 aliphatic rings. The molecule has 0 fully saturated rings. The number of carboxylic acids is 6. The van der Waals surface area contributed by atoms with Gasteiger partial charge in [0.1, 0.15) is 65.4 Å². The van der Waals surface area contributed by atoms with Crippen LogP contribution in [0.1, 0.15) is 140 Å². The minimum Gasteiger partial charge on any atom is -0.481 e. The van der Waals surface area contributed by atoms with Crippen LogP contribution in [0.5, 0.6) is 0 Å². The van der Waals surface area contributed by atoms with Gasteiger partial charge < -0.3 is 104 Å². The number of alkyl halides is 6. The first-order valence-corrected chi connectivity index (χ1v) is 42.7. The molecule has 2 aromatic heterocycles. The van der Waals surface area contributed by atoms with Crippen LogP contribution in [0.15, 0.2) is 122 Å². The lowest BCUT2D eigenvalue weighted by Crippen LogP contribution is -2.47. The van der Waals surface area contributed by atoms with Crippen LogP contribution < -0.4 is 44.2 Å². The number of aliphatic hydroxyl groups is 2. The molecule has 2 unspecified atom stereocenters. The van der Waals surface area contributed by atoms with Crippen molar-refractivity contribution in [3.05, 3.63) is 167 Å². The monoisotopic (exact) mass is 1920 g/mol. The summed E-state index contributed by atoms with van der Waals surface area (Å²) in [6, 6.07) is 22.4. The molecular formula is C86H110F10N12O22S2. The van der Waals surface area contributed by atoms with Gasteiger partial charge in [0.2, 0.25) is 35.4 Å². The molecule has 0 saturated heterocycles. The zero-order valence-corrected chi connectivity index (χ0v) is 74.3. The molecule has 0 saturated carbocycles. The van der Waals surface area contributed by atoms with E-state index in [9.17, 15) is 108 Å². The Balaban J connectivity index is 0.000000592. The molecule has 8 atom stereocenters. The van der Waals surface area contributed by atoms with Crippen molar-refractivity contribution in [2.24, 2.45) is 33.8 Å². The van der Waals surface area contributed by atoms with Crippen LogP contribution in [0, 0.1) is 34.1 Å². The van der Waals surface area contributed by atoms with Gasteiger partial charge in [0.25, 0.3) is 0 Å². The molecule has 728 valence electrons. The molecule has 34 nitrogen and oxygen atoms in total. The minimum atomic E-state index is -5.08. The summed E-state index contributed by atoms with van der Waals surface area (Å²) in [7, 11) is 0. The van der Waals surface area contributed by atoms with Crippen molar-refractivity contribution in [2.45, 2.75) is 178 Å². The fraction of sp³-hybridized carbons (Fsp3) is 0.465. The lowest BCUT2D eigenvalue weighted by molar-refractivity contribution is -0.193. The summed E-state index contributed by atoms with van der Waals surface area (Å²) in [5.74, 6) is -17.5. The summed E-state index contributed by atoms with van der Waals surface area (Å²) in [6.07, 6.45) is -7.54. The van der Waals surface area contributed by atoms with Crippen molar-refractivity contribution in [3.8, 4) is 22.3 Å². The number of carbonyl (C=O) groups is 14. The Morgan fingerprint density at radius 1 is 0.439 bits per heavy atom. The quantitative estimate of drug-likeness (QED) is 0.0131. The normalized spacial score (nSPS) is 13.3. The van der Waals surface area contributed by atoms with Gasteiger partial charge in [0.15, 0.2) is 0 Å². The molecule has 6 rings (SSSR count). The van der Waals surface area contributed by atoms with Crippen LogP contribution in [-0.2, 0) is 80.2 Å². The second-order valence-electron chi connectivity index (χ2n) is 31.9. The third kappa shape index (κ3) is 40.5. The van der Waals surface area contributed by atoms with E-state index >= 15 is 8.78 Å². The van der Waals surface area contributed by atoms with Gasteiger partial charge in [-0.1, -0.05) is 102 Å². The predicted octanol–water partition coefficient (Wildman–Crippen LogP) is 7.40. The first kappa shape index (κ1) is 114. The van der Waals surface area contributed by atoms with Crippen LogP contribution in [0.25, 0.3) is 22.3 Å². The number of aliphatic carboxylic acids is 6. The van der Waals surface area contributed by atoms with Crippen LogP contribution in [0.2, 0.25) is 0 Å². The number of hydrogen-bond acceptors (Lipinski definition) is 22. The van der Waals surface area contributed by atoms with Gasteiger partial charge in [-0.05, 0) is 96.2 Å². The Hall–Kier alpha value is -11.8. The molecule has 46 heteroatoms. The zero-order chi connectivity index (χ0) is 99.9. The van der Waals surface area contributed by atoms with Gasteiger partial charge in [0, 0.05) is 142 Å². The van der Waals surface area contributed by atoms with E-state index in [1.165, 1.54) is 9.80 Å². The van der Waals surface area contributed by atoms with Crippen LogP contribution in [-0.4, -0.2) is 254 Å². The van der Waals surface area contributed by atoms with E-state index < -0.39 is 190 Å². The molecule has 0 radical (unpaired) electrons. The summed E-state index contributed by atoms with van der Waals surface area (Å²) >= 11 is 1.63. The van der Waals surface area contributed by atoms with E-state index in [2.05, 4.69) is 21.3 Å². The molecule has 0 spiro atoms. The van der Waals surface area contributed by atoms with Crippen molar-refractivity contribution < 1.29 is 152 Å². The van der Waals surface area contributed by atoms with Crippen molar-refractivity contribution >= 4 is 106 Å². The minimum absolute atomic E-state index is 0.0152. The number of ketones is 2. The summed E-state index contributed by atoms with van der Waals surface area (Å²) in [6.45, 7) is 10.3. The van der Waals surface area contributed by atoms with Gasteiger partial charge in [-0.25, -0.2) is 27.2 Å². The van der Waals surface area contributed by atoms with E-state index in [1.54, 1.807) is 24.5 Å². The number of nitrogens with zero attached hydrogens (tertiary/aromatic N) is 4. The standard InChI is InChI=1S/2C41H54F2N6O9S.2C2HF3O2/c1-41(2,3)38(32-18-26(28-19-27(42)11-12-29(28)43)22-48(32)21-25-8-5-4-6-9-25)49(36(53)23-50)17-14-30(44)39(56)47-16-13-35(52)46-15-7-10-33(51)34(20-37(54)55)59-24-31(45)40(57)58;1-41(2,3)37(33-18-26(29-19-27(42)11-12-30(29)43)22-48(33)21-25-8-5-4-6-9-25)49(36(53)23-50)17-14-31(44)38(54)47-16-13-35(52)46-15-7-10-28(51)20-34(40(57)58)59-24-32(45)39(55)56;2*3-2(4,5)1(6)7/h4-6,8-9,11-12,18-19,22,30-31,34,38,50H,7,10,13-17,20-21,23-24,44-45H2,1-3H3,(H,46,52)(H,47,56)(H,54,55)(H,57,58);4-6,8-9,11-12,18-19,22,31-32,34,37,50H,7,10,13-17,20-21,23-24,44-45H2,1-3H3,(H,46,52)(H,47,54)(H,55,56)(H,57,58);2*(H,6,7)/t30-,31-,34?,38-;31-,32-,34?,37-;;/m00../s1. The zero-order valence-electron chi connectivity index (χ0n) is 72.7. The molecule has 6 aromatic rings. The van der Waals surface area contributed by atoms with Crippen molar-refractivity contribution in [1.82, 2.24) is 40.2 Å². The maximum atomic E-state index is 15.0. The average Bonchev–Trinajstić information content (AvgIpc) is 1.62. The molecule has 20 N–H and O–H groups in total. The molecule has 0 aliphatic heterocycles. The van der Waals surface area contributed by atoms with E-state index in [-0.39, 0.29) is 125 Å². The van der Waals surface area contributed by atoms with Gasteiger partial charge in [-0.3, -0.25) is 57.5 Å². The summed E-state index contributed by atoms with van der Waals surface area (Å²) < 4.78 is 126. The van der Waals surface area contributed by atoms with Gasteiger partial charge >= 0.3 is 48.2 Å². The number of aromatic nitrogens is 2. The highest BCUT2D eigenvalue weighted by Gasteiger charge is 2.42. The van der Waals surface area contributed by atoms with Crippen molar-refractivity contribution in [3.63, 3.8) is 0 Å². The lowest BCUT2D eigenvalue weighted by atomic mass is 9.82. The van der Waals surface area contributed by atoms with E-state index in [1.807, 2.05) is 111 Å². The van der Waals surface area contributed by atoms with Crippen LogP contribution in [0.3, 0.4) is 0 Å². The maximum Gasteiger partial charge on any atom is 0.490 e. The Bertz CT molecular complexity index is 4840. The fourth-order valence-electron chi connectivity index (χ4n) is 12.8. The Morgan fingerprint density at radius 2 is 0.795 bits per heavy atom. The highest BCUT2D eigenvalue weighted by molar-refractivity contribution is 8.00. The Labute approximate surface area is 760 Å². The molecule has 6 amide bonds. The molecule has 132 heavy (non-hydrogen) atoms. The third-order valence-electron chi connectivity index (χ3n) is 19.2. The smallest absolute Gasteiger partial charge is 0.481 e.